The smallest absolute Gasteiger partial charge is 0.304 e. The van der Waals surface area contributed by atoms with Crippen molar-refractivity contribution < 1.29 is 41.0 Å². The first-order valence-electron chi connectivity index (χ1n) is 26.7. The van der Waals surface area contributed by atoms with Gasteiger partial charge < -0.3 is 45.2 Å². The molecule has 2 aliphatic rings. The van der Waals surface area contributed by atoms with E-state index in [1.165, 1.54) is 101 Å². The van der Waals surface area contributed by atoms with Crippen molar-refractivity contribution in [1.29, 1.82) is 0 Å². The standard InChI is InChI=1S/C29H44N4O4S.C16H27N3.C13H19NO5S.ClH/c1-21-18-25(8-9-27(21)33-16-11-24(12-17-33)10-14-31(4)5)30-28(34)13-15-32(6)38(35,36)29-22(2)19-26(37-7)20-23(29)3;1-13-12-15(17)4-5-16(13)19-10-7-14(8-11-19)6-9-18(2)3;1-9-7-11(19-4)8-10(2)13(9)20(17,18)14(3)6-5-12(15)16;/h8-9,18-20,24H,10-17H2,1-7H3,(H,30,34);4-5,12,14H,6-11,17H2,1-3H3;7-8H,5-6H2,1-4H3,(H,15,16);1H. The number of anilines is 4. The number of nitrogen functional groups attached to an aromatic ring is 1. The summed E-state index contributed by atoms with van der Waals surface area (Å²) in [6.07, 6.45) is 7.46. The number of hydrogen-bond acceptors (Lipinski definition) is 13. The molecular weight excluding hydrogens is 1050 g/mol. The maximum absolute atomic E-state index is 13.2. The molecule has 0 aliphatic carbocycles. The van der Waals surface area contributed by atoms with E-state index in [1.54, 1.807) is 59.1 Å². The zero-order chi connectivity index (χ0) is 57.4. The number of nitrogens with one attached hydrogen (secondary N) is 1. The number of piperidine rings is 2. The van der Waals surface area contributed by atoms with E-state index in [9.17, 15) is 26.4 Å². The highest BCUT2D eigenvalue weighted by molar-refractivity contribution is 7.89. The lowest BCUT2D eigenvalue weighted by atomic mass is 9.92. The van der Waals surface area contributed by atoms with Crippen molar-refractivity contribution in [3.63, 3.8) is 0 Å². The first-order chi connectivity index (χ1) is 36.2. The Morgan fingerprint density at radius 2 is 0.949 bits per heavy atom. The minimum Gasteiger partial charge on any atom is -0.497 e. The molecule has 0 radical (unpaired) electrons. The van der Waals surface area contributed by atoms with Crippen molar-refractivity contribution >= 4 is 67.1 Å². The second-order valence-electron chi connectivity index (χ2n) is 21.4. The van der Waals surface area contributed by atoms with E-state index >= 15 is 0 Å². The summed E-state index contributed by atoms with van der Waals surface area (Å²) in [5.74, 6) is 1.64. The minimum absolute atomic E-state index is 0. The Morgan fingerprint density at radius 1 is 0.577 bits per heavy atom. The fraction of sp³-hybridized carbons (Fsp3) is 0.552. The van der Waals surface area contributed by atoms with Gasteiger partial charge in [-0.05, 0) is 227 Å². The largest absolute Gasteiger partial charge is 0.497 e. The Hall–Kier alpha value is -5.15. The molecule has 0 spiro atoms. The van der Waals surface area contributed by atoms with E-state index in [0.29, 0.717) is 33.8 Å². The number of benzene rings is 4. The number of methoxy groups -OCH3 is 2. The van der Waals surface area contributed by atoms with Gasteiger partial charge in [0, 0.05) is 82.5 Å². The summed E-state index contributed by atoms with van der Waals surface area (Å²) in [5.41, 5.74) is 14.8. The zero-order valence-corrected chi connectivity index (χ0v) is 51.4. The highest BCUT2D eigenvalue weighted by Crippen LogP contribution is 2.32. The van der Waals surface area contributed by atoms with Crippen molar-refractivity contribution in [3.8, 4) is 11.5 Å². The fourth-order valence-electron chi connectivity index (χ4n) is 10.1. The van der Waals surface area contributed by atoms with Gasteiger partial charge in [0.2, 0.25) is 26.0 Å². The van der Waals surface area contributed by atoms with Crippen LogP contribution in [0.1, 0.15) is 84.7 Å². The van der Waals surface area contributed by atoms with Gasteiger partial charge in [0.1, 0.15) is 11.5 Å². The van der Waals surface area contributed by atoms with Gasteiger partial charge in [-0.15, -0.1) is 12.4 Å². The van der Waals surface area contributed by atoms with Crippen LogP contribution in [0.4, 0.5) is 22.7 Å². The van der Waals surface area contributed by atoms with Gasteiger partial charge in [-0.1, -0.05) is 0 Å². The van der Waals surface area contributed by atoms with Gasteiger partial charge >= 0.3 is 5.97 Å². The SMILES string of the molecule is COc1cc(C)c(S(=O)(=O)N(C)CCC(=O)Nc2ccc(N3CCC(CCN(C)C)CC3)c(C)c2)c(C)c1.COc1cc(C)c(S(=O)(=O)N(C)CCC(=O)O)c(C)c1.Cc1cc(N)ccc1N1CCC(CCN(C)C)CC1.Cl. The highest BCUT2D eigenvalue weighted by atomic mass is 35.5. The number of carboxylic acid groups (broad SMARTS) is 1. The van der Waals surface area contributed by atoms with Crippen LogP contribution in [0.5, 0.6) is 11.5 Å². The fourth-order valence-corrected chi connectivity index (χ4v) is 13.2. The number of nitrogens with zero attached hydrogens (tertiary/aromatic N) is 6. The molecule has 17 nitrogen and oxygen atoms in total. The molecule has 20 heteroatoms. The van der Waals surface area contributed by atoms with Crippen LogP contribution in [0.3, 0.4) is 0 Å². The molecule has 78 heavy (non-hydrogen) atoms. The van der Waals surface area contributed by atoms with Crippen LogP contribution in [0.15, 0.2) is 70.5 Å². The number of carbonyl (C=O) groups is 2. The van der Waals surface area contributed by atoms with Gasteiger partial charge in [0.15, 0.2) is 0 Å². The minimum atomic E-state index is -3.74. The zero-order valence-electron chi connectivity index (χ0n) is 48.9. The molecule has 4 aromatic carbocycles. The van der Waals surface area contributed by atoms with Gasteiger partial charge in [0.25, 0.3) is 0 Å². The van der Waals surface area contributed by atoms with Crippen LogP contribution in [0.25, 0.3) is 0 Å². The van der Waals surface area contributed by atoms with Gasteiger partial charge in [-0.3, -0.25) is 9.59 Å². The molecule has 436 valence electrons. The molecule has 0 bridgehead atoms. The third-order valence-electron chi connectivity index (χ3n) is 14.6. The average molecular weight is 1140 g/mol. The molecular formula is C58H91ClN8O9S2. The lowest BCUT2D eigenvalue weighted by Gasteiger charge is -2.35. The number of halogens is 1. The van der Waals surface area contributed by atoms with Crippen LogP contribution in [-0.4, -0.2) is 161 Å². The summed E-state index contributed by atoms with van der Waals surface area (Å²) in [6.45, 7) is 18.0. The summed E-state index contributed by atoms with van der Waals surface area (Å²) >= 11 is 0. The van der Waals surface area contributed by atoms with Crippen LogP contribution in [0, 0.1) is 53.4 Å². The van der Waals surface area contributed by atoms with E-state index < -0.39 is 26.0 Å². The molecule has 2 aliphatic heterocycles. The average Bonchev–Trinajstić information content (AvgIpc) is 3.36. The van der Waals surface area contributed by atoms with Crippen molar-refractivity contribution in [2.75, 3.05) is 130 Å². The van der Waals surface area contributed by atoms with E-state index in [-0.39, 0.29) is 54.0 Å². The predicted octanol–water partition coefficient (Wildman–Crippen LogP) is 9.01. The monoisotopic (exact) mass is 1140 g/mol. The predicted molar refractivity (Wildman–Crippen MR) is 320 cm³/mol. The molecule has 0 unspecified atom stereocenters. The molecule has 4 aromatic rings. The number of nitrogens with two attached hydrogens (primary N) is 1. The van der Waals surface area contributed by atoms with Crippen molar-refractivity contribution in [2.24, 2.45) is 11.8 Å². The summed E-state index contributed by atoms with van der Waals surface area (Å²) in [6, 6.07) is 19.0. The molecule has 0 saturated carbocycles. The normalized spacial score (nSPS) is 14.4. The highest BCUT2D eigenvalue weighted by Gasteiger charge is 2.28. The summed E-state index contributed by atoms with van der Waals surface area (Å²) < 4.78 is 64.0. The maximum atomic E-state index is 13.2. The number of rotatable bonds is 21. The van der Waals surface area contributed by atoms with E-state index in [0.717, 1.165) is 52.7 Å². The van der Waals surface area contributed by atoms with Gasteiger partial charge in [-0.25, -0.2) is 25.4 Å². The van der Waals surface area contributed by atoms with E-state index in [2.05, 4.69) is 85.2 Å². The molecule has 2 saturated heterocycles. The number of aliphatic carboxylic acids is 1. The quantitative estimate of drug-likeness (QED) is 0.0668. The number of aryl methyl sites for hydroxylation is 6. The molecule has 4 N–H and O–H groups in total. The Bertz CT molecular complexity index is 2770. The summed E-state index contributed by atoms with van der Waals surface area (Å²) in [5, 5.41) is 11.6. The Kier molecular flexibility index (Phi) is 26.7. The van der Waals surface area contributed by atoms with E-state index in [4.69, 9.17) is 20.3 Å². The molecule has 1 amide bonds. The third-order valence-corrected chi connectivity index (χ3v) is 18.9. The van der Waals surface area contributed by atoms with Crippen molar-refractivity contribution in [2.45, 2.75) is 103 Å². The third kappa shape index (κ3) is 19.6. The maximum Gasteiger partial charge on any atom is 0.304 e. The molecule has 2 heterocycles. The lowest BCUT2D eigenvalue weighted by Crippen LogP contribution is -2.35. The van der Waals surface area contributed by atoms with E-state index in [1.807, 2.05) is 18.2 Å². The second-order valence-corrected chi connectivity index (χ2v) is 25.3. The van der Waals surface area contributed by atoms with Crippen molar-refractivity contribution in [3.05, 3.63) is 94.0 Å². The molecule has 6 rings (SSSR count). The van der Waals surface area contributed by atoms with Crippen LogP contribution < -0.4 is 30.3 Å². The number of ether oxygens (including phenoxy) is 2. The number of carbonyl (C=O) groups excluding carboxylic acids is 1. The first-order valence-corrected chi connectivity index (χ1v) is 29.6. The van der Waals surface area contributed by atoms with Gasteiger partial charge in [0.05, 0.1) is 30.4 Å². The molecule has 0 atom stereocenters. The molecule has 2 fully saturated rings. The van der Waals surface area contributed by atoms with Crippen LogP contribution >= 0.6 is 12.4 Å². The summed E-state index contributed by atoms with van der Waals surface area (Å²) in [7, 11) is 7.08. The second kappa shape index (κ2) is 31.0. The van der Waals surface area contributed by atoms with Crippen molar-refractivity contribution in [1.82, 2.24) is 18.4 Å². The lowest BCUT2D eigenvalue weighted by molar-refractivity contribution is -0.137. The topological polar surface area (TPSA) is 199 Å². The van der Waals surface area contributed by atoms with Crippen LogP contribution in [0.2, 0.25) is 0 Å². The number of carboxylic acids is 1. The Morgan fingerprint density at radius 3 is 1.29 bits per heavy atom. The Labute approximate surface area is 473 Å². The molecule has 0 aromatic heterocycles. The van der Waals surface area contributed by atoms with Gasteiger partial charge in [-0.2, -0.15) is 0 Å². The summed E-state index contributed by atoms with van der Waals surface area (Å²) in [4.78, 5) is 33.2. The van der Waals surface area contributed by atoms with Crippen LogP contribution in [-0.2, 0) is 29.6 Å². The number of hydrogen-bond donors (Lipinski definition) is 3. The number of amides is 1. The number of sulfonamides is 2. The Balaban J connectivity index is 0.000000337. The first kappa shape index (κ1) is 67.1.